The van der Waals surface area contributed by atoms with Gasteiger partial charge in [-0.05, 0) is 24.6 Å². The predicted molar refractivity (Wildman–Crippen MR) is 83.5 cm³/mol. The van der Waals surface area contributed by atoms with Crippen molar-refractivity contribution in [1.82, 2.24) is 15.2 Å². The van der Waals surface area contributed by atoms with E-state index in [1.807, 2.05) is 31.2 Å². The topological polar surface area (TPSA) is 54.5 Å². The highest BCUT2D eigenvalue weighted by molar-refractivity contribution is 7.09. The van der Waals surface area contributed by atoms with E-state index >= 15 is 0 Å². The zero-order valence-electron chi connectivity index (χ0n) is 12.4. The van der Waals surface area contributed by atoms with Crippen molar-refractivity contribution in [2.75, 3.05) is 14.2 Å². The van der Waals surface area contributed by atoms with Gasteiger partial charge in [-0.15, -0.1) is 11.3 Å². The fourth-order valence-corrected chi connectivity index (χ4v) is 2.62. The molecule has 1 aromatic heterocycles. The summed E-state index contributed by atoms with van der Waals surface area (Å²) in [5, 5.41) is 2.90. The van der Waals surface area contributed by atoms with Crippen LogP contribution in [0.3, 0.4) is 0 Å². The Hall–Kier alpha value is -2.08. The van der Waals surface area contributed by atoms with Crippen molar-refractivity contribution in [3.05, 3.63) is 45.9 Å². The zero-order chi connectivity index (χ0) is 15.2. The molecule has 0 aliphatic carbocycles. The minimum Gasteiger partial charge on any atom is -0.497 e. The van der Waals surface area contributed by atoms with Crippen molar-refractivity contribution in [3.63, 3.8) is 0 Å². The standard InChI is InChI=1S/C15H19N3O2S/c1-11-14(21-10-17-11)8-16-15(19)18(2)9-12-5-4-6-13(7-12)20-3/h4-7,10H,8-9H2,1-3H3,(H,16,19). The highest BCUT2D eigenvalue weighted by Gasteiger charge is 2.10. The summed E-state index contributed by atoms with van der Waals surface area (Å²) < 4.78 is 5.18. The first-order valence-corrected chi connectivity index (χ1v) is 7.49. The van der Waals surface area contributed by atoms with E-state index in [1.165, 1.54) is 0 Å². The van der Waals surface area contributed by atoms with E-state index in [9.17, 15) is 4.79 Å². The second-order valence-corrected chi connectivity index (χ2v) is 5.67. The van der Waals surface area contributed by atoms with Gasteiger partial charge in [0.05, 0.1) is 24.9 Å². The third-order valence-electron chi connectivity index (χ3n) is 3.15. The number of aryl methyl sites for hydroxylation is 1. The summed E-state index contributed by atoms with van der Waals surface area (Å²) in [5.41, 5.74) is 3.79. The molecule has 2 amide bonds. The van der Waals surface area contributed by atoms with Crippen LogP contribution >= 0.6 is 11.3 Å². The molecular formula is C15H19N3O2S. The van der Waals surface area contributed by atoms with E-state index in [0.29, 0.717) is 13.1 Å². The van der Waals surface area contributed by atoms with Crippen molar-refractivity contribution in [3.8, 4) is 5.75 Å². The number of hydrogen-bond donors (Lipinski definition) is 1. The fraction of sp³-hybridized carbons (Fsp3) is 0.333. The van der Waals surface area contributed by atoms with Crippen LogP contribution in [0, 0.1) is 6.92 Å². The molecule has 6 heteroatoms. The molecular weight excluding hydrogens is 286 g/mol. The lowest BCUT2D eigenvalue weighted by molar-refractivity contribution is 0.206. The van der Waals surface area contributed by atoms with Gasteiger partial charge in [-0.3, -0.25) is 0 Å². The van der Waals surface area contributed by atoms with E-state index in [1.54, 1.807) is 35.9 Å². The van der Waals surface area contributed by atoms with Crippen molar-refractivity contribution in [2.45, 2.75) is 20.0 Å². The lowest BCUT2D eigenvalue weighted by atomic mass is 10.2. The van der Waals surface area contributed by atoms with E-state index in [0.717, 1.165) is 21.9 Å². The fourth-order valence-electron chi connectivity index (χ4n) is 1.90. The van der Waals surface area contributed by atoms with Crippen LogP contribution < -0.4 is 10.1 Å². The minimum absolute atomic E-state index is 0.106. The number of hydrogen-bond acceptors (Lipinski definition) is 4. The van der Waals surface area contributed by atoms with Crippen LogP contribution in [0.15, 0.2) is 29.8 Å². The lowest BCUT2D eigenvalue weighted by Gasteiger charge is -2.18. The molecule has 0 unspecified atom stereocenters. The second-order valence-electron chi connectivity index (χ2n) is 4.73. The Morgan fingerprint density at radius 1 is 1.48 bits per heavy atom. The van der Waals surface area contributed by atoms with Crippen LogP contribution in [0.25, 0.3) is 0 Å². The second kappa shape index (κ2) is 7.08. The van der Waals surface area contributed by atoms with Crippen LogP contribution in [0.1, 0.15) is 16.1 Å². The first kappa shape index (κ1) is 15.3. The molecule has 5 nitrogen and oxygen atoms in total. The molecule has 0 fully saturated rings. The van der Waals surface area contributed by atoms with Crippen molar-refractivity contribution in [1.29, 1.82) is 0 Å². The average Bonchev–Trinajstić information content (AvgIpc) is 2.90. The number of rotatable bonds is 5. The van der Waals surface area contributed by atoms with Crippen LogP contribution in [0.2, 0.25) is 0 Å². The molecule has 0 spiro atoms. The van der Waals surface area contributed by atoms with Gasteiger partial charge >= 0.3 is 6.03 Å². The Morgan fingerprint density at radius 2 is 2.29 bits per heavy atom. The van der Waals surface area contributed by atoms with Crippen molar-refractivity contribution in [2.24, 2.45) is 0 Å². The first-order chi connectivity index (χ1) is 10.1. The molecule has 112 valence electrons. The third-order valence-corrected chi connectivity index (χ3v) is 4.08. The Bertz CT molecular complexity index is 612. The normalized spacial score (nSPS) is 10.2. The molecule has 2 rings (SSSR count). The van der Waals surface area contributed by atoms with E-state index in [-0.39, 0.29) is 6.03 Å². The number of nitrogens with one attached hydrogen (secondary N) is 1. The molecule has 0 aliphatic rings. The number of carbonyl (C=O) groups is 1. The van der Waals surface area contributed by atoms with Crippen LogP contribution in [-0.4, -0.2) is 30.1 Å². The first-order valence-electron chi connectivity index (χ1n) is 6.61. The molecule has 0 radical (unpaired) electrons. The largest absolute Gasteiger partial charge is 0.497 e. The van der Waals surface area contributed by atoms with Gasteiger partial charge in [-0.25, -0.2) is 9.78 Å². The van der Waals surface area contributed by atoms with Gasteiger partial charge < -0.3 is 15.0 Å². The summed E-state index contributed by atoms with van der Waals surface area (Å²) in [4.78, 5) is 19.0. The molecule has 0 atom stereocenters. The van der Waals surface area contributed by atoms with Gasteiger partial charge in [0.25, 0.3) is 0 Å². The molecule has 2 aromatic rings. The zero-order valence-corrected chi connectivity index (χ0v) is 13.2. The van der Waals surface area contributed by atoms with Crippen LogP contribution in [0.4, 0.5) is 4.79 Å². The maximum Gasteiger partial charge on any atom is 0.317 e. The van der Waals surface area contributed by atoms with Gasteiger partial charge in [-0.2, -0.15) is 0 Å². The van der Waals surface area contributed by atoms with Gasteiger partial charge in [0.15, 0.2) is 0 Å². The number of carbonyl (C=O) groups excluding carboxylic acids is 1. The number of benzene rings is 1. The molecule has 1 N–H and O–H groups in total. The van der Waals surface area contributed by atoms with E-state index < -0.39 is 0 Å². The Morgan fingerprint density at radius 3 is 2.95 bits per heavy atom. The highest BCUT2D eigenvalue weighted by Crippen LogP contribution is 2.14. The molecule has 0 aliphatic heterocycles. The number of aromatic nitrogens is 1. The minimum atomic E-state index is -0.106. The number of methoxy groups -OCH3 is 1. The lowest BCUT2D eigenvalue weighted by Crippen LogP contribution is -2.36. The number of thiazole rings is 1. The molecule has 0 saturated carbocycles. The average molecular weight is 305 g/mol. The van der Waals surface area contributed by atoms with Crippen molar-refractivity contribution < 1.29 is 9.53 Å². The monoisotopic (exact) mass is 305 g/mol. The maximum absolute atomic E-state index is 12.1. The summed E-state index contributed by atoms with van der Waals surface area (Å²) in [6.07, 6.45) is 0. The Balaban J connectivity index is 1.88. The maximum atomic E-state index is 12.1. The summed E-state index contributed by atoms with van der Waals surface area (Å²) in [6, 6.07) is 7.60. The van der Waals surface area contributed by atoms with E-state index in [4.69, 9.17) is 4.74 Å². The summed E-state index contributed by atoms with van der Waals surface area (Å²) >= 11 is 1.55. The number of amides is 2. The number of urea groups is 1. The highest BCUT2D eigenvalue weighted by atomic mass is 32.1. The van der Waals surface area contributed by atoms with E-state index in [2.05, 4.69) is 10.3 Å². The number of nitrogens with zero attached hydrogens (tertiary/aromatic N) is 2. The molecule has 1 heterocycles. The van der Waals surface area contributed by atoms with Gasteiger partial charge in [-0.1, -0.05) is 12.1 Å². The third kappa shape index (κ3) is 4.19. The predicted octanol–water partition coefficient (Wildman–Crippen LogP) is 2.80. The number of ether oxygens (including phenoxy) is 1. The molecule has 0 saturated heterocycles. The molecule has 1 aromatic carbocycles. The van der Waals surface area contributed by atoms with Gasteiger partial charge in [0.2, 0.25) is 0 Å². The van der Waals surface area contributed by atoms with Crippen LogP contribution in [0.5, 0.6) is 5.75 Å². The van der Waals surface area contributed by atoms with Crippen LogP contribution in [-0.2, 0) is 13.1 Å². The quantitative estimate of drug-likeness (QED) is 0.924. The summed E-state index contributed by atoms with van der Waals surface area (Å²) in [6.45, 7) is 2.99. The SMILES string of the molecule is COc1cccc(CN(C)C(=O)NCc2scnc2C)c1. The van der Waals surface area contributed by atoms with Gasteiger partial charge in [0, 0.05) is 18.5 Å². The Labute approximate surface area is 128 Å². The van der Waals surface area contributed by atoms with Crippen molar-refractivity contribution >= 4 is 17.4 Å². The van der Waals surface area contributed by atoms with Gasteiger partial charge in [0.1, 0.15) is 5.75 Å². The summed E-state index contributed by atoms with van der Waals surface area (Å²) in [7, 11) is 3.40. The smallest absolute Gasteiger partial charge is 0.317 e. The molecule has 0 bridgehead atoms. The Kier molecular flexibility index (Phi) is 5.16. The summed E-state index contributed by atoms with van der Waals surface area (Å²) in [5.74, 6) is 0.793. The molecule has 21 heavy (non-hydrogen) atoms.